The molecule has 0 saturated carbocycles. The smallest absolute Gasteiger partial charge is 0.243 e. The summed E-state index contributed by atoms with van der Waals surface area (Å²) in [7, 11) is -3.61. The van der Waals surface area contributed by atoms with Crippen LogP contribution >= 0.6 is 0 Å². The van der Waals surface area contributed by atoms with Gasteiger partial charge in [-0.1, -0.05) is 68.4 Å². The Bertz CT molecular complexity index is 1460. The van der Waals surface area contributed by atoms with E-state index >= 15 is 0 Å². The van der Waals surface area contributed by atoms with Crippen LogP contribution in [0.3, 0.4) is 0 Å². The highest BCUT2D eigenvalue weighted by molar-refractivity contribution is 7.92. The zero-order valence-electron chi connectivity index (χ0n) is 25.1. The number of anilines is 1. The number of rotatable bonds is 14. The van der Waals surface area contributed by atoms with E-state index in [2.05, 4.69) is 5.32 Å². The first kappa shape index (κ1) is 32.8. The lowest BCUT2D eigenvalue weighted by molar-refractivity contribution is -0.141. The van der Waals surface area contributed by atoms with E-state index < -0.39 is 21.9 Å². The maximum Gasteiger partial charge on any atom is 0.243 e. The molecule has 42 heavy (non-hydrogen) atoms. The average Bonchev–Trinajstić information content (AvgIpc) is 2.94. The van der Waals surface area contributed by atoms with Crippen LogP contribution in [0.1, 0.15) is 48.9 Å². The van der Waals surface area contributed by atoms with Gasteiger partial charge in [0.1, 0.15) is 11.9 Å². The predicted molar refractivity (Wildman–Crippen MR) is 166 cm³/mol. The van der Waals surface area contributed by atoms with Gasteiger partial charge in [-0.15, -0.1) is 0 Å². The molecule has 0 aromatic heterocycles. The Morgan fingerprint density at radius 3 is 2.21 bits per heavy atom. The number of carbonyl (C=O) groups excluding carboxylic acids is 2. The van der Waals surface area contributed by atoms with Gasteiger partial charge in [-0.3, -0.25) is 13.9 Å². The normalized spacial score (nSPS) is 12.2. The molecule has 0 aliphatic heterocycles. The Balaban J connectivity index is 1.89. The molecule has 3 aromatic carbocycles. The van der Waals surface area contributed by atoms with Crippen molar-refractivity contribution in [1.29, 1.82) is 0 Å². The Morgan fingerprint density at radius 2 is 1.60 bits per heavy atom. The molecule has 3 aromatic rings. The van der Waals surface area contributed by atoms with Gasteiger partial charge in [-0.2, -0.15) is 0 Å². The monoisotopic (exact) mass is 595 g/mol. The molecule has 0 bridgehead atoms. The van der Waals surface area contributed by atoms with Gasteiger partial charge in [0.2, 0.25) is 21.8 Å². The van der Waals surface area contributed by atoms with Gasteiger partial charge >= 0.3 is 0 Å². The molecule has 0 saturated heterocycles. The third kappa shape index (κ3) is 9.41. The molecule has 1 atom stereocenters. The first-order valence-electron chi connectivity index (χ1n) is 14.3. The topological polar surface area (TPSA) is 86.8 Å². The molecular weight excluding hydrogens is 553 g/mol. The van der Waals surface area contributed by atoms with E-state index in [1.54, 1.807) is 24.3 Å². The van der Waals surface area contributed by atoms with Gasteiger partial charge in [0.05, 0.1) is 11.9 Å². The Hall–Kier alpha value is -3.72. The summed E-state index contributed by atoms with van der Waals surface area (Å²) in [6.45, 7) is 8.27. The van der Waals surface area contributed by atoms with Crippen molar-refractivity contribution in [1.82, 2.24) is 10.2 Å². The van der Waals surface area contributed by atoms with Crippen molar-refractivity contribution in [3.8, 4) is 0 Å². The van der Waals surface area contributed by atoms with Crippen molar-refractivity contribution < 1.29 is 22.4 Å². The Morgan fingerprint density at radius 1 is 0.929 bits per heavy atom. The molecule has 0 aliphatic carbocycles. The molecule has 7 nitrogen and oxygen atoms in total. The molecule has 0 spiro atoms. The van der Waals surface area contributed by atoms with Gasteiger partial charge < -0.3 is 10.2 Å². The quantitative estimate of drug-likeness (QED) is 0.270. The molecule has 0 aliphatic rings. The van der Waals surface area contributed by atoms with Crippen LogP contribution < -0.4 is 9.62 Å². The van der Waals surface area contributed by atoms with Crippen molar-refractivity contribution in [2.24, 2.45) is 5.92 Å². The highest BCUT2D eigenvalue weighted by atomic mass is 32.2. The number of halogens is 1. The van der Waals surface area contributed by atoms with Crippen LogP contribution in [0, 0.1) is 25.6 Å². The lowest BCUT2D eigenvalue weighted by Crippen LogP contribution is -2.51. The number of nitrogens with zero attached hydrogens (tertiary/aromatic N) is 2. The lowest BCUT2D eigenvalue weighted by atomic mass is 10.0. The number of amides is 2. The second-order valence-electron chi connectivity index (χ2n) is 11.2. The van der Waals surface area contributed by atoms with E-state index in [4.69, 9.17) is 0 Å². The first-order valence-corrected chi connectivity index (χ1v) is 16.1. The van der Waals surface area contributed by atoms with Gasteiger partial charge in [0.25, 0.3) is 0 Å². The number of sulfonamides is 1. The molecule has 1 N–H and O–H groups in total. The second kappa shape index (κ2) is 15.0. The van der Waals surface area contributed by atoms with E-state index in [0.717, 1.165) is 22.9 Å². The zero-order valence-corrected chi connectivity index (χ0v) is 26.0. The van der Waals surface area contributed by atoms with Crippen molar-refractivity contribution in [2.45, 2.75) is 59.5 Å². The minimum Gasteiger partial charge on any atom is -0.354 e. The number of hydrogen-bond acceptors (Lipinski definition) is 4. The summed E-state index contributed by atoms with van der Waals surface area (Å²) in [6.07, 6.45) is 1.60. The summed E-state index contributed by atoms with van der Waals surface area (Å²) in [5.41, 5.74) is 3.71. The van der Waals surface area contributed by atoms with E-state index in [1.807, 2.05) is 70.2 Å². The molecule has 0 fully saturated rings. The van der Waals surface area contributed by atoms with Crippen molar-refractivity contribution in [3.05, 3.63) is 101 Å². The molecule has 226 valence electrons. The minimum absolute atomic E-state index is 0.0198. The van der Waals surface area contributed by atoms with Gasteiger partial charge in [0.15, 0.2) is 0 Å². The molecule has 3 rings (SSSR count). The summed E-state index contributed by atoms with van der Waals surface area (Å²) < 4.78 is 41.4. The average molecular weight is 596 g/mol. The summed E-state index contributed by atoms with van der Waals surface area (Å²) in [4.78, 5) is 28.8. The van der Waals surface area contributed by atoms with Crippen LogP contribution in [0.2, 0.25) is 0 Å². The summed E-state index contributed by atoms with van der Waals surface area (Å²) >= 11 is 0. The number of carbonyl (C=O) groups is 2. The maximum absolute atomic E-state index is 14.8. The largest absolute Gasteiger partial charge is 0.354 e. The van der Waals surface area contributed by atoms with Crippen LogP contribution in [0.25, 0.3) is 0 Å². The van der Waals surface area contributed by atoms with Crippen LogP contribution in [-0.4, -0.2) is 50.5 Å². The summed E-state index contributed by atoms with van der Waals surface area (Å²) in [5, 5.41) is 2.95. The fraction of sp³-hybridized carbons (Fsp3) is 0.394. The molecule has 2 amide bonds. The molecule has 0 heterocycles. The van der Waals surface area contributed by atoms with Gasteiger partial charge in [-0.05, 0) is 61.1 Å². The third-order valence-electron chi connectivity index (χ3n) is 7.18. The minimum atomic E-state index is -3.61. The van der Waals surface area contributed by atoms with Gasteiger partial charge in [0, 0.05) is 38.0 Å². The Labute approximate surface area is 249 Å². The number of aryl methyl sites for hydroxylation is 2. The first-order chi connectivity index (χ1) is 19.9. The van der Waals surface area contributed by atoms with E-state index in [1.165, 1.54) is 15.3 Å². The predicted octanol–water partition coefficient (Wildman–Crippen LogP) is 5.40. The lowest BCUT2D eigenvalue weighted by Gasteiger charge is -2.32. The van der Waals surface area contributed by atoms with Crippen LogP contribution in [0.5, 0.6) is 0 Å². The number of nitrogens with one attached hydrogen (secondary N) is 1. The van der Waals surface area contributed by atoms with Crippen molar-refractivity contribution >= 4 is 27.5 Å². The fourth-order valence-corrected chi connectivity index (χ4v) is 5.63. The van der Waals surface area contributed by atoms with Crippen LogP contribution in [-0.2, 0) is 32.6 Å². The van der Waals surface area contributed by atoms with E-state index in [9.17, 15) is 22.4 Å². The number of hydrogen-bond donors (Lipinski definition) is 1. The number of benzene rings is 3. The van der Waals surface area contributed by atoms with Gasteiger partial charge in [-0.25, -0.2) is 12.8 Å². The third-order valence-corrected chi connectivity index (χ3v) is 8.38. The molecule has 0 radical (unpaired) electrons. The second-order valence-corrected chi connectivity index (χ2v) is 13.1. The summed E-state index contributed by atoms with van der Waals surface area (Å²) in [6, 6.07) is 20.2. The molecule has 1 unspecified atom stereocenters. The van der Waals surface area contributed by atoms with Crippen molar-refractivity contribution in [3.63, 3.8) is 0 Å². The summed E-state index contributed by atoms with van der Waals surface area (Å²) in [5.74, 6) is -0.929. The van der Waals surface area contributed by atoms with Crippen molar-refractivity contribution in [2.75, 3.05) is 23.7 Å². The standard InChI is InChI=1S/C33H42FN3O4S/c1-24(2)22-35-33(39)31(21-27-12-7-6-8-13-27)36(23-28-14-9-10-15-30(28)34)32(38)16-11-19-37(42(5,40)41)29-18-17-25(3)26(4)20-29/h6-10,12-15,17-18,20,24,31H,11,16,19,21-23H2,1-5H3,(H,35,39). The Kier molecular flexibility index (Phi) is 11.7. The maximum atomic E-state index is 14.8. The molecular formula is C33H42FN3O4S. The SMILES string of the molecule is Cc1ccc(N(CCCC(=O)N(Cc2ccccc2F)C(Cc2ccccc2)C(=O)NCC(C)C)S(C)(=O)=O)cc1C. The molecule has 9 heteroatoms. The highest BCUT2D eigenvalue weighted by Gasteiger charge is 2.31. The zero-order chi connectivity index (χ0) is 30.9. The van der Waals surface area contributed by atoms with Crippen LogP contribution in [0.4, 0.5) is 10.1 Å². The fourth-order valence-electron chi connectivity index (χ4n) is 4.67. The highest BCUT2D eigenvalue weighted by Crippen LogP contribution is 2.23. The van der Waals surface area contributed by atoms with Crippen LogP contribution in [0.15, 0.2) is 72.8 Å². The van der Waals surface area contributed by atoms with E-state index in [0.29, 0.717) is 17.8 Å². The van der Waals surface area contributed by atoms with E-state index in [-0.39, 0.29) is 50.1 Å².